The van der Waals surface area contributed by atoms with E-state index < -0.39 is 78.8 Å². The van der Waals surface area contributed by atoms with Gasteiger partial charge in [-0.25, -0.2) is 9.59 Å². The summed E-state index contributed by atoms with van der Waals surface area (Å²) in [5.74, 6) is 1.48. The first-order valence-corrected chi connectivity index (χ1v) is 23.2. The Kier molecular flexibility index (Phi) is 21.2. The van der Waals surface area contributed by atoms with E-state index in [1.54, 1.807) is 0 Å². The summed E-state index contributed by atoms with van der Waals surface area (Å²) >= 11 is 0. The molecule has 2 rings (SSSR count). The number of rotatable bonds is 23. The van der Waals surface area contributed by atoms with Gasteiger partial charge in [0.05, 0.1) is 36.8 Å². The number of carbonyl (C=O) groups excluding carboxylic acids is 4. The van der Waals surface area contributed by atoms with Gasteiger partial charge in [0.1, 0.15) is 30.4 Å². The van der Waals surface area contributed by atoms with Crippen molar-refractivity contribution in [3.8, 4) is 11.8 Å². The minimum absolute atomic E-state index is 0.0148. The van der Waals surface area contributed by atoms with Gasteiger partial charge in [0.15, 0.2) is 0 Å². The second kappa shape index (κ2) is 24.4. The number of aliphatic hydroxyl groups excluding tert-OH is 1. The van der Waals surface area contributed by atoms with Crippen LogP contribution in [0.25, 0.3) is 0 Å². The molecule has 1 aliphatic rings. The van der Waals surface area contributed by atoms with Gasteiger partial charge in [-0.1, -0.05) is 41.7 Å². The Labute approximate surface area is 311 Å². The maximum absolute atomic E-state index is 12.5. The summed E-state index contributed by atoms with van der Waals surface area (Å²) in [5.41, 5.74) is 11.4. The van der Waals surface area contributed by atoms with Gasteiger partial charge in [0, 0.05) is 45.5 Å². The fourth-order valence-electron chi connectivity index (χ4n) is 4.41. The average molecular weight is 826 g/mol. The number of nitrogens with one attached hydrogen (secondary N) is 3. The molecule has 3 amide bonds. The van der Waals surface area contributed by atoms with Crippen LogP contribution in [-0.4, -0.2) is 120 Å². The molecule has 1 aromatic heterocycles. The van der Waals surface area contributed by atoms with Crippen molar-refractivity contribution in [2.75, 3.05) is 29.9 Å². The Hall–Kier alpha value is -2.91. The molecule has 1 aromatic rings. The Bertz CT molecular complexity index is 1530. The fraction of sp³-hybridized carbons (Fsp3) is 0.571. The number of nitrogens with two attached hydrogens (primary N) is 2. The van der Waals surface area contributed by atoms with Crippen LogP contribution in [0.2, 0.25) is 0 Å². The van der Waals surface area contributed by atoms with Crippen LogP contribution in [0.15, 0.2) is 11.0 Å². The van der Waals surface area contributed by atoms with E-state index in [1.165, 1.54) is 32.4 Å². The van der Waals surface area contributed by atoms with Gasteiger partial charge >= 0.3 is 17.6 Å². The zero-order chi connectivity index (χ0) is 38.6. The monoisotopic (exact) mass is 825 g/mol. The number of carbonyl (C=O) groups is 6. The summed E-state index contributed by atoms with van der Waals surface area (Å²) in [6, 6.07) is -4.22. The number of aromatic nitrogens is 2. The van der Waals surface area contributed by atoms with Crippen LogP contribution in [0.5, 0.6) is 0 Å². The number of aliphatic hydroxyl groups is 1. The lowest BCUT2D eigenvalue weighted by atomic mass is 10.1. The lowest BCUT2D eigenvalue weighted by Gasteiger charge is -2.21. The summed E-state index contributed by atoms with van der Waals surface area (Å²) in [6.45, 7) is 0.0148. The van der Waals surface area contributed by atoms with Crippen molar-refractivity contribution in [3.05, 3.63) is 22.2 Å². The predicted octanol–water partition coefficient (Wildman–Crippen LogP) is -1.29. The standard InChI is InChI=1S/C28H42N7O12P3S2/c29-16(25(41)32-17(5-8-36)26(42)33-18(27(43)44)11-23(39)40)4-2-9-51-52-10-6-21(38)31-7-1-3-15-13-35(28(45)34-24(15)30)22-12-19(37)20(47-22)14-48-50-49-46/h8,13,16-20,22,37,46,48-50H,2,4-7,9-12,14,29H2,(H,31,38)(H,32,41)(H,33,42)(H,39,40)(H,43,44)(H2,30,34,45). The number of hydrogen-bond acceptors (Lipinski definition) is 15. The van der Waals surface area contributed by atoms with Crippen molar-refractivity contribution in [3.63, 3.8) is 0 Å². The molecule has 0 aliphatic carbocycles. The summed E-state index contributed by atoms with van der Waals surface area (Å²) in [7, 11) is 3.60. The third-order valence-corrected chi connectivity index (χ3v) is 14.5. The Morgan fingerprint density at radius 2 is 1.87 bits per heavy atom. The smallest absolute Gasteiger partial charge is 0.351 e. The van der Waals surface area contributed by atoms with Crippen LogP contribution in [0.1, 0.15) is 50.3 Å². The Balaban J connectivity index is 1.69. The first-order chi connectivity index (χ1) is 24.8. The van der Waals surface area contributed by atoms with Crippen molar-refractivity contribution < 1.29 is 53.7 Å². The number of ether oxygens (including phenoxy) is 1. The van der Waals surface area contributed by atoms with Gasteiger partial charge in [0.2, 0.25) is 17.7 Å². The van der Waals surface area contributed by atoms with Crippen LogP contribution < -0.4 is 33.1 Å². The summed E-state index contributed by atoms with van der Waals surface area (Å²) in [4.78, 5) is 95.4. The van der Waals surface area contributed by atoms with Gasteiger partial charge < -0.3 is 57.2 Å². The molecule has 19 nitrogen and oxygen atoms in total. The Morgan fingerprint density at radius 1 is 1.15 bits per heavy atom. The number of amides is 3. The number of anilines is 1. The highest BCUT2D eigenvalue weighted by atomic mass is 33.1. The molecule has 11 N–H and O–H groups in total. The first-order valence-electron chi connectivity index (χ1n) is 15.6. The summed E-state index contributed by atoms with van der Waals surface area (Å²) in [5, 5.41) is 35.2. The molecule has 9 unspecified atom stereocenters. The van der Waals surface area contributed by atoms with Gasteiger partial charge in [-0.05, 0) is 27.0 Å². The van der Waals surface area contributed by atoms with Crippen LogP contribution in [0, 0.1) is 11.8 Å². The van der Waals surface area contributed by atoms with Gasteiger partial charge in [-0.15, -0.1) is 0 Å². The zero-order valence-electron chi connectivity index (χ0n) is 27.6. The molecule has 1 fully saturated rings. The molecule has 9 atom stereocenters. The molecule has 0 saturated carbocycles. The second-order valence-corrected chi connectivity index (χ2v) is 19.6. The highest BCUT2D eigenvalue weighted by Gasteiger charge is 2.35. The Morgan fingerprint density at radius 3 is 2.54 bits per heavy atom. The van der Waals surface area contributed by atoms with Crippen LogP contribution in [-0.2, 0) is 33.5 Å². The van der Waals surface area contributed by atoms with Crippen LogP contribution in [0.3, 0.4) is 0 Å². The maximum Gasteiger partial charge on any atom is 0.351 e. The van der Waals surface area contributed by atoms with E-state index in [9.17, 15) is 38.7 Å². The number of nitrogens with zero attached hydrogens (tertiary/aromatic N) is 2. The highest BCUT2D eigenvalue weighted by Crippen LogP contribution is 2.51. The van der Waals surface area contributed by atoms with Crippen LogP contribution in [0.4, 0.5) is 5.82 Å². The molecule has 0 aromatic carbocycles. The minimum atomic E-state index is -1.75. The number of aliphatic carboxylic acids is 2. The maximum atomic E-state index is 12.5. The van der Waals surface area contributed by atoms with Crippen molar-refractivity contribution in [2.24, 2.45) is 5.73 Å². The predicted molar refractivity (Wildman–Crippen MR) is 201 cm³/mol. The highest BCUT2D eigenvalue weighted by molar-refractivity contribution is 8.76. The minimum Gasteiger partial charge on any atom is -0.481 e. The third-order valence-electron chi connectivity index (χ3n) is 7.07. The molecule has 288 valence electrons. The van der Waals surface area contributed by atoms with E-state index in [2.05, 4.69) is 27.5 Å². The molecule has 1 aliphatic heterocycles. The van der Waals surface area contributed by atoms with E-state index in [0.29, 0.717) is 46.6 Å². The van der Waals surface area contributed by atoms with E-state index in [1.807, 2.05) is 5.32 Å². The molecule has 2 heterocycles. The first kappa shape index (κ1) is 45.2. The SMILES string of the molecule is Nc1nc(=O)n(C2CC(O)C(CPPPO)O2)cc1C#CCNC(=O)CCSSCCCC(N)C(=O)NC(CC=O)C(=O)NC(CC(=O)O)C(=O)O. The van der Waals surface area contributed by atoms with E-state index in [-0.39, 0.29) is 51.6 Å². The van der Waals surface area contributed by atoms with Crippen molar-refractivity contribution in [1.82, 2.24) is 25.5 Å². The van der Waals surface area contributed by atoms with Crippen molar-refractivity contribution in [2.45, 2.75) is 75.1 Å². The van der Waals surface area contributed by atoms with E-state index in [0.717, 1.165) is 0 Å². The quantitative estimate of drug-likeness (QED) is 0.0204. The topological polar surface area (TPSA) is 316 Å². The van der Waals surface area contributed by atoms with Gasteiger partial charge in [-0.3, -0.25) is 23.7 Å². The number of nitrogen functional groups attached to an aromatic ring is 1. The van der Waals surface area contributed by atoms with Gasteiger partial charge in [0.25, 0.3) is 0 Å². The number of carboxylic acid groups (broad SMARTS) is 2. The molecule has 0 radical (unpaired) electrons. The normalized spacial score (nSPS) is 18.9. The number of carboxylic acids is 2. The fourth-order valence-corrected chi connectivity index (χ4v) is 10.0. The number of aldehydes is 1. The molecule has 0 bridgehead atoms. The average Bonchev–Trinajstić information content (AvgIpc) is 3.45. The molecule has 52 heavy (non-hydrogen) atoms. The molecular formula is C28H42N7O12P3S2. The van der Waals surface area contributed by atoms with Crippen molar-refractivity contribution >= 4 is 88.1 Å². The second-order valence-electron chi connectivity index (χ2n) is 11.0. The largest absolute Gasteiger partial charge is 0.481 e. The molecular weight excluding hydrogens is 783 g/mol. The molecule has 0 spiro atoms. The van der Waals surface area contributed by atoms with Crippen LogP contribution >= 0.6 is 46.3 Å². The summed E-state index contributed by atoms with van der Waals surface area (Å²) in [6.07, 6.45) is 0.150. The molecule has 24 heteroatoms. The van der Waals surface area contributed by atoms with E-state index in [4.69, 9.17) is 31.3 Å². The number of hydrogen-bond donors (Lipinski definition) is 9. The lowest BCUT2D eigenvalue weighted by Crippen LogP contribution is -2.54. The third kappa shape index (κ3) is 16.4. The zero-order valence-corrected chi connectivity index (χ0v) is 32.2. The van der Waals surface area contributed by atoms with E-state index >= 15 is 0 Å². The molecule has 1 saturated heterocycles. The summed E-state index contributed by atoms with van der Waals surface area (Å²) < 4.78 is 7.10. The van der Waals surface area contributed by atoms with Crippen molar-refractivity contribution in [1.29, 1.82) is 0 Å². The lowest BCUT2D eigenvalue weighted by molar-refractivity contribution is -0.147. The van der Waals surface area contributed by atoms with Gasteiger partial charge in [-0.2, -0.15) is 4.98 Å².